The molecule has 270 valence electrons. The maximum atomic E-state index is 9.52. The van der Waals surface area contributed by atoms with E-state index in [9.17, 15) is 5.11 Å². The molecule has 1 N–H and O–H groups in total. The van der Waals surface area contributed by atoms with Crippen LogP contribution in [-0.2, 0) is 4.74 Å². The van der Waals surface area contributed by atoms with E-state index in [0.717, 1.165) is 25.3 Å². The summed E-state index contributed by atoms with van der Waals surface area (Å²) in [6.07, 6.45) is 43.4. The topological polar surface area (TPSA) is 32.7 Å². The lowest BCUT2D eigenvalue weighted by Crippen LogP contribution is -2.29. The summed E-state index contributed by atoms with van der Waals surface area (Å²) in [5.41, 5.74) is 0. The van der Waals surface area contributed by atoms with E-state index in [1.54, 1.807) is 0 Å². The van der Waals surface area contributed by atoms with Gasteiger partial charge in [-0.2, -0.15) is 0 Å². The van der Waals surface area contributed by atoms with E-state index in [0.29, 0.717) is 12.7 Å². The third-order valence-electron chi connectivity index (χ3n) is 9.77. The number of aliphatic hydroxyl groups is 1. The minimum Gasteiger partial charge on any atom is -0.495 e. The molecule has 0 aromatic heterocycles. The van der Waals surface area contributed by atoms with Crippen molar-refractivity contribution >= 4 is 0 Å². The summed E-state index contributed by atoms with van der Waals surface area (Å²) < 4.78 is 6.38. The molecule has 3 heteroatoms. The molecule has 0 amide bonds. The van der Waals surface area contributed by atoms with Crippen molar-refractivity contribution in [1.29, 1.82) is 0 Å². The first-order valence-electron chi connectivity index (χ1n) is 20.8. The van der Waals surface area contributed by atoms with Crippen LogP contribution in [-0.4, -0.2) is 42.4 Å². The molecule has 45 heavy (non-hydrogen) atoms. The van der Waals surface area contributed by atoms with Gasteiger partial charge in [-0.05, 0) is 58.0 Å². The average molecular weight is 636 g/mol. The molecular formula is C42H85NO2. The highest BCUT2D eigenvalue weighted by atomic mass is 16.5. The molecule has 0 fully saturated rings. The van der Waals surface area contributed by atoms with Gasteiger partial charge in [0, 0.05) is 13.0 Å². The summed E-state index contributed by atoms with van der Waals surface area (Å²) in [4.78, 5) is 2.51. The molecular weight excluding hydrogens is 550 g/mol. The zero-order valence-electron chi connectivity index (χ0n) is 31.5. The molecule has 0 radical (unpaired) electrons. The van der Waals surface area contributed by atoms with Crippen molar-refractivity contribution in [2.75, 3.05) is 26.2 Å². The summed E-state index contributed by atoms with van der Waals surface area (Å²) in [6.45, 7) is 14.6. The fourth-order valence-corrected chi connectivity index (χ4v) is 6.70. The third-order valence-corrected chi connectivity index (χ3v) is 9.77. The molecule has 0 unspecified atom stereocenters. The fraction of sp³-hybridized carbons (Fsp3) is 0.952. The van der Waals surface area contributed by atoms with Crippen molar-refractivity contribution in [2.45, 2.75) is 232 Å². The molecule has 0 saturated heterocycles. The van der Waals surface area contributed by atoms with E-state index in [-0.39, 0.29) is 0 Å². The van der Waals surface area contributed by atoms with E-state index in [1.165, 1.54) is 206 Å². The van der Waals surface area contributed by atoms with Gasteiger partial charge in [0.2, 0.25) is 0 Å². The first-order chi connectivity index (χ1) is 22.2. The molecule has 0 spiro atoms. The average Bonchev–Trinajstić information content (AvgIpc) is 3.04. The Bertz CT molecular complexity index is 553. The smallest absolute Gasteiger partial charge is 0.0982 e. The van der Waals surface area contributed by atoms with Gasteiger partial charge in [-0.15, -0.1) is 0 Å². The van der Waals surface area contributed by atoms with Crippen LogP contribution >= 0.6 is 0 Å². The van der Waals surface area contributed by atoms with Crippen molar-refractivity contribution in [3.05, 3.63) is 12.3 Å². The van der Waals surface area contributed by atoms with Crippen LogP contribution in [0.1, 0.15) is 226 Å². The highest BCUT2D eigenvalue weighted by molar-refractivity contribution is 4.84. The van der Waals surface area contributed by atoms with Crippen molar-refractivity contribution in [2.24, 2.45) is 0 Å². The second-order valence-corrected chi connectivity index (χ2v) is 14.4. The van der Waals surface area contributed by atoms with Gasteiger partial charge >= 0.3 is 0 Å². The van der Waals surface area contributed by atoms with Gasteiger partial charge in [-0.25, -0.2) is 0 Å². The zero-order valence-corrected chi connectivity index (χ0v) is 31.5. The zero-order chi connectivity index (χ0) is 32.9. The number of rotatable bonds is 39. The lowest BCUT2D eigenvalue weighted by Gasteiger charge is -2.21. The second kappa shape index (κ2) is 37.9. The van der Waals surface area contributed by atoms with Crippen LogP contribution in [0.2, 0.25) is 0 Å². The van der Waals surface area contributed by atoms with Crippen LogP contribution in [0.15, 0.2) is 12.3 Å². The molecule has 3 nitrogen and oxygen atoms in total. The van der Waals surface area contributed by atoms with Crippen LogP contribution in [0.4, 0.5) is 0 Å². The van der Waals surface area contributed by atoms with Crippen LogP contribution < -0.4 is 0 Å². The maximum Gasteiger partial charge on any atom is 0.0982 e. The molecule has 0 saturated carbocycles. The van der Waals surface area contributed by atoms with Crippen LogP contribution in [0.25, 0.3) is 0 Å². The minimum atomic E-state index is 0.298. The standard InChI is InChI=1S/C42H85NO2/c1-5-8-11-14-15-16-17-18-19-20-21-24-27-32-37-43(39-40-44)38-33-28-25-22-23-26-29-34-41(4)45-42(35-30-12-9-6-2)36-31-13-10-7-3/h42,44H,4-40H2,1-3H3. The highest BCUT2D eigenvalue weighted by Crippen LogP contribution is 2.21. The Morgan fingerprint density at radius 1 is 0.467 bits per heavy atom. The van der Waals surface area contributed by atoms with E-state index < -0.39 is 0 Å². The fourth-order valence-electron chi connectivity index (χ4n) is 6.70. The predicted octanol–water partition coefficient (Wildman–Crippen LogP) is 13.7. The lowest BCUT2D eigenvalue weighted by atomic mass is 10.0. The summed E-state index contributed by atoms with van der Waals surface area (Å²) in [6, 6.07) is 0. The molecule has 0 aliphatic rings. The molecule has 0 rings (SSSR count). The van der Waals surface area contributed by atoms with Gasteiger partial charge in [-0.3, -0.25) is 0 Å². The normalized spacial score (nSPS) is 11.7. The number of hydrogen-bond donors (Lipinski definition) is 1. The molecule has 0 aliphatic heterocycles. The first-order valence-corrected chi connectivity index (χ1v) is 20.8. The minimum absolute atomic E-state index is 0.298. The molecule has 0 heterocycles. The lowest BCUT2D eigenvalue weighted by molar-refractivity contribution is 0.0895. The van der Waals surface area contributed by atoms with Gasteiger partial charge < -0.3 is 14.7 Å². The summed E-state index contributed by atoms with van der Waals surface area (Å²) in [5, 5.41) is 9.52. The first kappa shape index (κ1) is 44.5. The Hall–Kier alpha value is -0.540. The maximum absolute atomic E-state index is 9.52. The monoisotopic (exact) mass is 636 g/mol. The Morgan fingerprint density at radius 3 is 1.18 bits per heavy atom. The number of ether oxygens (including phenoxy) is 1. The summed E-state index contributed by atoms with van der Waals surface area (Å²) >= 11 is 0. The number of aliphatic hydroxyl groups excluding tert-OH is 1. The Morgan fingerprint density at radius 2 is 0.800 bits per heavy atom. The van der Waals surface area contributed by atoms with Crippen molar-refractivity contribution in [1.82, 2.24) is 4.90 Å². The van der Waals surface area contributed by atoms with E-state index >= 15 is 0 Å². The predicted molar refractivity (Wildman–Crippen MR) is 202 cm³/mol. The molecule has 0 atom stereocenters. The largest absolute Gasteiger partial charge is 0.495 e. The van der Waals surface area contributed by atoms with Gasteiger partial charge in [0.05, 0.1) is 18.5 Å². The number of nitrogens with zero attached hydrogens (tertiary/aromatic N) is 1. The molecule has 0 aromatic carbocycles. The van der Waals surface area contributed by atoms with E-state index in [4.69, 9.17) is 4.74 Å². The summed E-state index contributed by atoms with van der Waals surface area (Å²) in [5.74, 6) is 1.04. The SMILES string of the molecule is C=C(CCCCCCCCCN(CCO)CCCCCCCCCCCCCCCC)OC(CCCCCC)CCCCCC. The Labute approximate surface area is 285 Å². The summed E-state index contributed by atoms with van der Waals surface area (Å²) in [7, 11) is 0. The van der Waals surface area contributed by atoms with Gasteiger partial charge in [0.15, 0.2) is 0 Å². The van der Waals surface area contributed by atoms with Crippen molar-refractivity contribution in [3.8, 4) is 0 Å². The van der Waals surface area contributed by atoms with Gasteiger partial charge in [-0.1, -0.05) is 181 Å². The number of allylic oxidation sites excluding steroid dienone is 1. The third kappa shape index (κ3) is 34.6. The van der Waals surface area contributed by atoms with E-state index in [1.807, 2.05) is 0 Å². The molecule has 0 aromatic rings. The van der Waals surface area contributed by atoms with Crippen LogP contribution in [0, 0.1) is 0 Å². The number of unbranched alkanes of at least 4 members (excludes halogenated alkanes) is 25. The van der Waals surface area contributed by atoms with Gasteiger partial charge in [0.1, 0.15) is 0 Å². The van der Waals surface area contributed by atoms with Gasteiger partial charge in [0.25, 0.3) is 0 Å². The molecule has 0 bridgehead atoms. The van der Waals surface area contributed by atoms with E-state index in [2.05, 4.69) is 32.3 Å². The van der Waals surface area contributed by atoms with Crippen molar-refractivity contribution in [3.63, 3.8) is 0 Å². The molecule has 0 aliphatic carbocycles. The van der Waals surface area contributed by atoms with Crippen LogP contribution in [0.5, 0.6) is 0 Å². The second-order valence-electron chi connectivity index (χ2n) is 14.4. The van der Waals surface area contributed by atoms with Crippen molar-refractivity contribution < 1.29 is 9.84 Å². The Kier molecular flexibility index (Phi) is 37.5. The Balaban J connectivity index is 3.73. The highest BCUT2D eigenvalue weighted by Gasteiger charge is 2.11. The van der Waals surface area contributed by atoms with Crippen LogP contribution in [0.3, 0.4) is 0 Å². The number of hydrogen-bond acceptors (Lipinski definition) is 3. The quantitative estimate of drug-likeness (QED) is 0.0539.